The Balaban J connectivity index is 1.98. The van der Waals surface area contributed by atoms with Crippen molar-refractivity contribution in [2.75, 3.05) is 0 Å². The molecular formula is C12H14FN3O. The molecule has 1 N–H and O–H groups in total. The molecule has 1 atom stereocenters. The SMILES string of the molecule is Cn1cc(CC(O)Cc2ccccc2F)nn1. The maximum absolute atomic E-state index is 13.3. The smallest absolute Gasteiger partial charge is 0.126 e. The van der Waals surface area contributed by atoms with Gasteiger partial charge in [0.1, 0.15) is 5.82 Å². The zero-order valence-corrected chi connectivity index (χ0v) is 9.55. The summed E-state index contributed by atoms with van der Waals surface area (Å²) in [6, 6.07) is 6.46. The summed E-state index contributed by atoms with van der Waals surface area (Å²) in [4.78, 5) is 0. The Morgan fingerprint density at radius 3 is 2.76 bits per heavy atom. The largest absolute Gasteiger partial charge is 0.392 e. The van der Waals surface area contributed by atoms with E-state index in [0.29, 0.717) is 17.7 Å². The van der Waals surface area contributed by atoms with Crippen LogP contribution in [0.15, 0.2) is 30.5 Å². The van der Waals surface area contributed by atoms with Gasteiger partial charge in [-0.15, -0.1) is 5.10 Å². The number of halogens is 1. The summed E-state index contributed by atoms with van der Waals surface area (Å²) < 4.78 is 14.9. The zero-order chi connectivity index (χ0) is 12.3. The monoisotopic (exact) mass is 235 g/mol. The molecule has 0 bridgehead atoms. The Kier molecular flexibility index (Phi) is 3.49. The van der Waals surface area contributed by atoms with Gasteiger partial charge in [0, 0.05) is 26.1 Å². The van der Waals surface area contributed by atoms with Crippen LogP contribution in [0.4, 0.5) is 4.39 Å². The second-order valence-corrected chi connectivity index (χ2v) is 4.04. The zero-order valence-electron chi connectivity index (χ0n) is 9.55. The molecule has 0 saturated heterocycles. The number of hydrogen-bond acceptors (Lipinski definition) is 3. The van der Waals surface area contributed by atoms with Gasteiger partial charge < -0.3 is 5.11 Å². The van der Waals surface area contributed by atoms with Gasteiger partial charge in [0.15, 0.2) is 0 Å². The van der Waals surface area contributed by atoms with E-state index < -0.39 is 6.10 Å². The van der Waals surface area contributed by atoms with Crippen LogP contribution in [-0.4, -0.2) is 26.2 Å². The van der Waals surface area contributed by atoms with Crippen LogP contribution in [0.5, 0.6) is 0 Å². The highest BCUT2D eigenvalue weighted by Gasteiger charge is 2.11. The van der Waals surface area contributed by atoms with E-state index in [-0.39, 0.29) is 12.2 Å². The lowest BCUT2D eigenvalue weighted by atomic mass is 10.0. The molecule has 1 aromatic heterocycles. The molecular weight excluding hydrogens is 221 g/mol. The van der Waals surface area contributed by atoms with Crippen LogP contribution in [-0.2, 0) is 19.9 Å². The average molecular weight is 235 g/mol. The van der Waals surface area contributed by atoms with Gasteiger partial charge in [0.2, 0.25) is 0 Å². The van der Waals surface area contributed by atoms with Crippen molar-refractivity contribution >= 4 is 0 Å². The van der Waals surface area contributed by atoms with E-state index in [0.717, 1.165) is 0 Å². The molecule has 0 aliphatic carbocycles. The molecule has 0 spiro atoms. The number of aliphatic hydroxyl groups excluding tert-OH is 1. The molecule has 0 saturated carbocycles. The molecule has 0 aliphatic heterocycles. The number of rotatable bonds is 4. The van der Waals surface area contributed by atoms with Gasteiger partial charge in [0.05, 0.1) is 11.8 Å². The Labute approximate surface area is 98.7 Å². The highest BCUT2D eigenvalue weighted by Crippen LogP contribution is 2.11. The van der Waals surface area contributed by atoms with E-state index in [2.05, 4.69) is 10.3 Å². The first-order valence-corrected chi connectivity index (χ1v) is 5.42. The minimum absolute atomic E-state index is 0.281. The minimum atomic E-state index is -0.649. The summed E-state index contributed by atoms with van der Waals surface area (Å²) in [5, 5.41) is 17.5. The molecule has 90 valence electrons. The van der Waals surface area contributed by atoms with Crippen molar-refractivity contribution in [3.8, 4) is 0 Å². The fourth-order valence-corrected chi connectivity index (χ4v) is 1.72. The van der Waals surface area contributed by atoms with Crippen molar-refractivity contribution in [2.24, 2.45) is 7.05 Å². The van der Waals surface area contributed by atoms with Crippen molar-refractivity contribution < 1.29 is 9.50 Å². The molecule has 0 aliphatic rings. The van der Waals surface area contributed by atoms with Gasteiger partial charge in [-0.2, -0.15) is 0 Å². The van der Waals surface area contributed by atoms with E-state index >= 15 is 0 Å². The third kappa shape index (κ3) is 3.10. The minimum Gasteiger partial charge on any atom is -0.392 e. The normalized spacial score (nSPS) is 12.6. The molecule has 1 unspecified atom stereocenters. The van der Waals surface area contributed by atoms with Crippen molar-refractivity contribution in [2.45, 2.75) is 18.9 Å². The van der Waals surface area contributed by atoms with E-state index in [1.165, 1.54) is 6.07 Å². The predicted octanol–water partition coefficient (Wildman–Crippen LogP) is 1.10. The number of hydrogen-bond donors (Lipinski definition) is 1. The number of aryl methyl sites for hydroxylation is 1. The number of aliphatic hydroxyl groups is 1. The fraction of sp³-hybridized carbons (Fsp3) is 0.333. The molecule has 0 radical (unpaired) electrons. The van der Waals surface area contributed by atoms with Crippen LogP contribution in [0.25, 0.3) is 0 Å². The summed E-state index contributed by atoms with van der Waals surface area (Å²) in [6.45, 7) is 0. The number of aromatic nitrogens is 3. The lowest BCUT2D eigenvalue weighted by molar-refractivity contribution is 0.173. The van der Waals surface area contributed by atoms with Gasteiger partial charge in [-0.1, -0.05) is 23.4 Å². The van der Waals surface area contributed by atoms with Crippen LogP contribution < -0.4 is 0 Å². The van der Waals surface area contributed by atoms with Crippen molar-refractivity contribution in [1.29, 1.82) is 0 Å². The highest BCUT2D eigenvalue weighted by atomic mass is 19.1. The lowest BCUT2D eigenvalue weighted by Gasteiger charge is -2.09. The lowest BCUT2D eigenvalue weighted by Crippen LogP contribution is -2.15. The molecule has 0 fully saturated rings. The highest BCUT2D eigenvalue weighted by molar-refractivity contribution is 5.18. The van der Waals surface area contributed by atoms with Crippen molar-refractivity contribution in [3.05, 3.63) is 47.5 Å². The Bertz CT molecular complexity index is 498. The van der Waals surface area contributed by atoms with Crippen LogP contribution in [0.3, 0.4) is 0 Å². The molecule has 1 aromatic carbocycles. The summed E-state index contributed by atoms with van der Waals surface area (Å²) >= 11 is 0. The predicted molar refractivity (Wildman–Crippen MR) is 60.8 cm³/mol. The van der Waals surface area contributed by atoms with E-state index in [1.807, 2.05) is 0 Å². The quantitative estimate of drug-likeness (QED) is 0.863. The van der Waals surface area contributed by atoms with Crippen molar-refractivity contribution in [3.63, 3.8) is 0 Å². The molecule has 2 aromatic rings. The average Bonchev–Trinajstić information content (AvgIpc) is 2.67. The summed E-state index contributed by atoms with van der Waals surface area (Å²) in [7, 11) is 1.76. The Morgan fingerprint density at radius 1 is 1.35 bits per heavy atom. The topological polar surface area (TPSA) is 50.9 Å². The maximum Gasteiger partial charge on any atom is 0.126 e. The van der Waals surface area contributed by atoms with Crippen molar-refractivity contribution in [1.82, 2.24) is 15.0 Å². The van der Waals surface area contributed by atoms with Crippen LogP contribution in [0, 0.1) is 5.82 Å². The Morgan fingerprint density at radius 2 is 2.12 bits per heavy atom. The van der Waals surface area contributed by atoms with Crippen LogP contribution in [0.2, 0.25) is 0 Å². The number of nitrogens with zero attached hydrogens (tertiary/aromatic N) is 3. The summed E-state index contributed by atoms with van der Waals surface area (Å²) in [5.41, 5.74) is 1.22. The third-order valence-corrected chi connectivity index (χ3v) is 2.51. The third-order valence-electron chi connectivity index (χ3n) is 2.51. The second kappa shape index (κ2) is 5.05. The molecule has 1 heterocycles. The van der Waals surface area contributed by atoms with E-state index in [1.54, 1.807) is 36.1 Å². The molecule has 17 heavy (non-hydrogen) atoms. The first kappa shape index (κ1) is 11.7. The Hall–Kier alpha value is -1.75. The van der Waals surface area contributed by atoms with Gasteiger partial charge in [-0.3, -0.25) is 4.68 Å². The molecule has 5 heteroatoms. The molecule has 0 amide bonds. The molecule has 4 nitrogen and oxygen atoms in total. The maximum atomic E-state index is 13.3. The molecule has 2 rings (SSSR count). The summed E-state index contributed by atoms with van der Waals surface area (Å²) in [5.74, 6) is -0.286. The van der Waals surface area contributed by atoms with Crippen LogP contribution in [0.1, 0.15) is 11.3 Å². The van der Waals surface area contributed by atoms with Gasteiger partial charge in [0.25, 0.3) is 0 Å². The van der Waals surface area contributed by atoms with Gasteiger partial charge in [-0.25, -0.2) is 4.39 Å². The van der Waals surface area contributed by atoms with Gasteiger partial charge in [-0.05, 0) is 11.6 Å². The first-order valence-electron chi connectivity index (χ1n) is 5.42. The van der Waals surface area contributed by atoms with Crippen LogP contribution >= 0.6 is 0 Å². The second-order valence-electron chi connectivity index (χ2n) is 4.04. The fourth-order valence-electron chi connectivity index (χ4n) is 1.72. The van der Waals surface area contributed by atoms with E-state index in [4.69, 9.17) is 0 Å². The number of benzene rings is 1. The summed E-state index contributed by atoms with van der Waals surface area (Å²) in [6.07, 6.45) is 1.75. The van der Waals surface area contributed by atoms with Gasteiger partial charge >= 0.3 is 0 Å². The standard InChI is InChI=1S/C12H14FN3O/c1-16-8-10(14-15-16)7-11(17)6-9-4-2-3-5-12(9)13/h2-5,8,11,17H,6-7H2,1H3. The van der Waals surface area contributed by atoms with E-state index in [9.17, 15) is 9.50 Å². The first-order chi connectivity index (χ1) is 8.15.